The molecule has 1 saturated carbocycles. The molecule has 1 aromatic carbocycles. The van der Waals surface area contributed by atoms with Crippen LogP contribution in [0.1, 0.15) is 38.5 Å². The lowest BCUT2D eigenvalue weighted by Crippen LogP contribution is -2.44. The fraction of sp³-hybridized carbons (Fsp3) is 0.625. The van der Waals surface area contributed by atoms with E-state index < -0.39 is 0 Å². The summed E-state index contributed by atoms with van der Waals surface area (Å²) in [6, 6.07) is 10.5. The first-order valence-corrected chi connectivity index (χ1v) is 8.32. The molecule has 1 aliphatic rings. The van der Waals surface area contributed by atoms with Crippen molar-refractivity contribution in [2.24, 2.45) is 5.73 Å². The molecule has 1 aromatic rings. The summed E-state index contributed by atoms with van der Waals surface area (Å²) in [4.78, 5) is 1.31. The van der Waals surface area contributed by atoms with Gasteiger partial charge in [0.05, 0.1) is 13.2 Å². The van der Waals surface area contributed by atoms with Crippen molar-refractivity contribution in [3.05, 3.63) is 30.3 Å². The lowest BCUT2D eigenvalue weighted by atomic mass is 9.93. The van der Waals surface area contributed by atoms with E-state index in [0.717, 1.165) is 31.8 Å². The highest BCUT2D eigenvalue weighted by Crippen LogP contribution is 2.25. The van der Waals surface area contributed by atoms with Gasteiger partial charge in [0.15, 0.2) is 0 Å². The van der Waals surface area contributed by atoms with Crippen LogP contribution in [-0.2, 0) is 4.74 Å². The second-order valence-corrected chi connectivity index (χ2v) is 6.66. The summed E-state index contributed by atoms with van der Waals surface area (Å²) < 4.78 is 5.81. The van der Waals surface area contributed by atoms with Gasteiger partial charge in [-0.25, -0.2) is 0 Å². The first kappa shape index (κ1) is 14.9. The Hall–Kier alpha value is -0.510. The van der Waals surface area contributed by atoms with Gasteiger partial charge in [-0.15, -0.1) is 11.8 Å². The van der Waals surface area contributed by atoms with E-state index in [0.29, 0.717) is 0 Å². The van der Waals surface area contributed by atoms with E-state index in [1.807, 2.05) is 17.8 Å². The first-order valence-electron chi connectivity index (χ1n) is 7.33. The topological polar surface area (TPSA) is 35.2 Å². The molecule has 2 nitrogen and oxygen atoms in total. The Morgan fingerprint density at radius 2 is 1.74 bits per heavy atom. The van der Waals surface area contributed by atoms with Crippen LogP contribution in [0.4, 0.5) is 0 Å². The van der Waals surface area contributed by atoms with Gasteiger partial charge in [-0.1, -0.05) is 43.9 Å². The molecular weight excluding hydrogens is 254 g/mol. The summed E-state index contributed by atoms with van der Waals surface area (Å²) in [7, 11) is 0. The maximum Gasteiger partial charge on any atom is 0.0646 e. The van der Waals surface area contributed by atoms with Crippen molar-refractivity contribution >= 4 is 11.8 Å². The number of rotatable bonds is 6. The minimum absolute atomic E-state index is 0.0616. The molecule has 1 aliphatic carbocycles. The SMILES string of the molecule is NC1(COCCSc2ccccc2)CCCCCC1. The predicted octanol–water partition coefficient (Wildman–Crippen LogP) is 3.85. The zero-order chi connectivity index (χ0) is 13.4. The van der Waals surface area contributed by atoms with Crippen LogP contribution in [0.3, 0.4) is 0 Å². The normalized spacial score (nSPS) is 19.0. The molecule has 0 saturated heterocycles. The summed E-state index contributed by atoms with van der Waals surface area (Å²) in [5, 5.41) is 0. The fourth-order valence-electron chi connectivity index (χ4n) is 2.59. The van der Waals surface area contributed by atoms with Gasteiger partial charge in [0.25, 0.3) is 0 Å². The van der Waals surface area contributed by atoms with Gasteiger partial charge >= 0.3 is 0 Å². The minimum Gasteiger partial charge on any atom is -0.379 e. The van der Waals surface area contributed by atoms with Crippen molar-refractivity contribution in [3.8, 4) is 0 Å². The van der Waals surface area contributed by atoms with Crippen LogP contribution in [0.25, 0.3) is 0 Å². The summed E-state index contributed by atoms with van der Waals surface area (Å²) in [5.74, 6) is 1.00. The Morgan fingerprint density at radius 1 is 1.05 bits per heavy atom. The molecule has 1 fully saturated rings. The van der Waals surface area contributed by atoms with E-state index in [2.05, 4.69) is 24.3 Å². The zero-order valence-electron chi connectivity index (χ0n) is 11.6. The summed E-state index contributed by atoms with van der Waals surface area (Å²) in [6.45, 7) is 1.51. The Morgan fingerprint density at radius 3 is 2.42 bits per heavy atom. The Balaban J connectivity index is 1.61. The molecule has 0 amide bonds. The van der Waals surface area contributed by atoms with Crippen LogP contribution in [0.5, 0.6) is 0 Å². The maximum absolute atomic E-state index is 6.42. The fourth-order valence-corrected chi connectivity index (χ4v) is 3.37. The summed E-state index contributed by atoms with van der Waals surface area (Å²) in [6.07, 6.45) is 7.44. The van der Waals surface area contributed by atoms with Crippen molar-refractivity contribution in [1.82, 2.24) is 0 Å². The monoisotopic (exact) mass is 279 g/mol. The molecular formula is C16H25NOS. The van der Waals surface area contributed by atoms with Crippen LogP contribution < -0.4 is 5.73 Å². The van der Waals surface area contributed by atoms with Crippen molar-refractivity contribution < 1.29 is 4.74 Å². The van der Waals surface area contributed by atoms with Crippen molar-refractivity contribution in [1.29, 1.82) is 0 Å². The lowest BCUT2D eigenvalue weighted by Gasteiger charge is -2.27. The molecule has 3 heteroatoms. The third-order valence-corrected chi connectivity index (χ3v) is 4.70. The van der Waals surface area contributed by atoms with Gasteiger partial charge in [-0.05, 0) is 25.0 Å². The van der Waals surface area contributed by atoms with Crippen molar-refractivity contribution in [3.63, 3.8) is 0 Å². The van der Waals surface area contributed by atoms with Gasteiger partial charge in [0.1, 0.15) is 0 Å². The quantitative estimate of drug-likeness (QED) is 0.488. The second-order valence-electron chi connectivity index (χ2n) is 5.49. The number of benzene rings is 1. The Labute approximate surface area is 121 Å². The molecule has 0 radical (unpaired) electrons. The number of hydrogen-bond acceptors (Lipinski definition) is 3. The van der Waals surface area contributed by atoms with Crippen LogP contribution >= 0.6 is 11.8 Å². The summed E-state index contributed by atoms with van der Waals surface area (Å²) >= 11 is 1.84. The van der Waals surface area contributed by atoms with Crippen molar-refractivity contribution in [2.45, 2.75) is 49.0 Å². The van der Waals surface area contributed by atoms with Crippen LogP contribution in [-0.4, -0.2) is 24.5 Å². The third kappa shape index (κ3) is 5.55. The molecule has 0 bridgehead atoms. The number of nitrogens with two attached hydrogens (primary N) is 1. The van der Waals surface area contributed by atoms with Crippen molar-refractivity contribution in [2.75, 3.05) is 19.0 Å². The van der Waals surface area contributed by atoms with E-state index in [1.54, 1.807) is 0 Å². The highest BCUT2D eigenvalue weighted by molar-refractivity contribution is 7.99. The Kier molecular flexibility index (Phi) is 6.21. The highest BCUT2D eigenvalue weighted by atomic mass is 32.2. The largest absolute Gasteiger partial charge is 0.379 e. The van der Waals surface area contributed by atoms with E-state index in [9.17, 15) is 0 Å². The lowest BCUT2D eigenvalue weighted by molar-refractivity contribution is 0.0889. The summed E-state index contributed by atoms with van der Waals surface area (Å²) in [5.41, 5.74) is 6.36. The minimum atomic E-state index is -0.0616. The standard InChI is InChI=1S/C16H25NOS/c17-16(10-6-1-2-7-11-16)14-18-12-13-19-15-8-4-3-5-9-15/h3-5,8-9H,1-2,6-7,10-14,17H2. The van der Waals surface area contributed by atoms with Gasteiger partial charge in [-0.2, -0.15) is 0 Å². The Bertz CT molecular complexity index is 347. The van der Waals surface area contributed by atoms with Gasteiger partial charge in [-0.3, -0.25) is 0 Å². The van der Waals surface area contributed by atoms with Gasteiger partial charge in [0.2, 0.25) is 0 Å². The number of thioether (sulfide) groups is 1. The maximum atomic E-state index is 6.42. The second kappa shape index (κ2) is 7.93. The smallest absolute Gasteiger partial charge is 0.0646 e. The molecule has 0 aliphatic heterocycles. The molecule has 2 rings (SSSR count). The molecule has 0 atom stereocenters. The molecule has 0 unspecified atom stereocenters. The van der Waals surface area contributed by atoms with Gasteiger partial charge < -0.3 is 10.5 Å². The average Bonchev–Trinajstić information content (AvgIpc) is 2.65. The molecule has 19 heavy (non-hydrogen) atoms. The van der Waals surface area contributed by atoms with Crippen LogP contribution in [0, 0.1) is 0 Å². The molecule has 0 spiro atoms. The third-order valence-electron chi connectivity index (χ3n) is 3.73. The van der Waals surface area contributed by atoms with Gasteiger partial charge in [0, 0.05) is 16.2 Å². The number of hydrogen-bond donors (Lipinski definition) is 1. The van der Waals surface area contributed by atoms with E-state index in [1.165, 1.54) is 30.6 Å². The number of ether oxygens (including phenoxy) is 1. The molecule has 0 aromatic heterocycles. The molecule has 106 valence electrons. The molecule has 0 heterocycles. The first-order chi connectivity index (χ1) is 9.29. The zero-order valence-corrected chi connectivity index (χ0v) is 12.5. The predicted molar refractivity (Wildman–Crippen MR) is 82.6 cm³/mol. The highest BCUT2D eigenvalue weighted by Gasteiger charge is 2.26. The molecule has 2 N–H and O–H groups in total. The van der Waals surface area contributed by atoms with E-state index in [-0.39, 0.29) is 5.54 Å². The van der Waals surface area contributed by atoms with Crippen LogP contribution in [0.2, 0.25) is 0 Å². The average molecular weight is 279 g/mol. The van der Waals surface area contributed by atoms with E-state index in [4.69, 9.17) is 10.5 Å². The van der Waals surface area contributed by atoms with E-state index >= 15 is 0 Å². The van der Waals surface area contributed by atoms with Crippen LogP contribution in [0.15, 0.2) is 35.2 Å².